The van der Waals surface area contributed by atoms with E-state index in [0.29, 0.717) is 12.5 Å². The van der Waals surface area contributed by atoms with Crippen molar-refractivity contribution in [2.75, 3.05) is 6.61 Å². The summed E-state index contributed by atoms with van der Waals surface area (Å²) in [6.45, 7) is 5.00. The van der Waals surface area contributed by atoms with Crippen LogP contribution in [0.3, 0.4) is 0 Å². The highest BCUT2D eigenvalue weighted by molar-refractivity contribution is 6.13. The predicted molar refractivity (Wildman–Crippen MR) is 76.0 cm³/mol. The molecule has 0 radical (unpaired) electrons. The van der Waals surface area contributed by atoms with Crippen molar-refractivity contribution in [2.24, 2.45) is 5.92 Å². The molecule has 106 valence electrons. The van der Waals surface area contributed by atoms with E-state index in [4.69, 9.17) is 4.74 Å². The molecule has 1 fully saturated rings. The predicted octanol–water partition coefficient (Wildman–Crippen LogP) is 2.29. The lowest BCUT2D eigenvalue weighted by atomic mass is 10.1. The Hall–Kier alpha value is -2.30. The van der Waals surface area contributed by atoms with Gasteiger partial charge in [-0.2, -0.15) is 0 Å². The van der Waals surface area contributed by atoms with E-state index in [0.717, 1.165) is 17.7 Å². The van der Waals surface area contributed by atoms with Gasteiger partial charge in [0.05, 0.1) is 6.61 Å². The van der Waals surface area contributed by atoms with Crippen LogP contribution in [0.25, 0.3) is 6.08 Å². The molecule has 1 aromatic carbocycles. The molecule has 2 N–H and O–H groups in total. The van der Waals surface area contributed by atoms with Crippen LogP contribution in [0.1, 0.15) is 25.8 Å². The number of urea groups is 1. The van der Waals surface area contributed by atoms with Crippen LogP contribution in [-0.4, -0.2) is 18.5 Å². The molecule has 5 heteroatoms. The third kappa shape index (κ3) is 3.85. The van der Waals surface area contributed by atoms with Crippen LogP contribution >= 0.6 is 0 Å². The van der Waals surface area contributed by atoms with Gasteiger partial charge in [-0.25, -0.2) is 4.79 Å². The molecule has 0 atom stereocenters. The summed E-state index contributed by atoms with van der Waals surface area (Å²) < 4.78 is 5.61. The second kappa shape index (κ2) is 6.23. The Morgan fingerprint density at radius 1 is 1.15 bits per heavy atom. The summed E-state index contributed by atoms with van der Waals surface area (Å²) >= 11 is 0. The number of ether oxygens (including phenoxy) is 1. The topological polar surface area (TPSA) is 67.4 Å². The number of benzene rings is 1. The molecule has 0 saturated carbocycles. The first-order valence-corrected chi connectivity index (χ1v) is 6.61. The molecule has 0 bridgehead atoms. The Kier molecular flexibility index (Phi) is 4.40. The molecule has 20 heavy (non-hydrogen) atoms. The van der Waals surface area contributed by atoms with E-state index in [1.807, 2.05) is 24.3 Å². The van der Waals surface area contributed by atoms with Gasteiger partial charge in [-0.3, -0.25) is 10.1 Å². The number of carbonyl (C=O) groups excluding carboxylic acids is 2. The zero-order valence-corrected chi connectivity index (χ0v) is 11.6. The quantitative estimate of drug-likeness (QED) is 0.639. The van der Waals surface area contributed by atoms with Gasteiger partial charge < -0.3 is 10.1 Å². The zero-order chi connectivity index (χ0) is 14.5. The van der Waals surface area contributed by atoms with Gasteiger partial charge in [-0.1, -0.05) is 26.0 Å². The summed E-state index contributed by atoms with van der Waals surface area (Å²) in [5, 5.41) is 4.60. The van der Waals surface area contributed by atoms with Crippen LogP contribution in [0, 0.1) is 5.92 Å². The van der Waals surface area contributed by atoms with Gasteiger partial charge in [-0.05, 0) is 36.1 Å². The van der Waals surface area contributed by atoms with Crippen molar-refractivity contribution in [3.63, 3.8) is 0 Å². The van der Waals surface area contributed by atoms with Gasteiger partial charge in [0, 0.05) is 0 Å². The van der Waals surface area contributed by atoms with Gasteiger partial charge in [0.1, 0.15) is 11.4 Å². The Bertz CT molecular complexity index is 533. The van der Waals surface area contributed by atoms with E-state index >= 15 is 0 Å². The largest absolute Gasteiger partial charge is 0.494 e. The number of hydrogen-bond donors (Lipinski definition) is 2. The number of nitrogens with one attached hydrogen (secondary N) is 2. The molecule has 3 amide bonds. The maximum atomic E-state index is 11.4. The molecule has 0 unspecified atom stereocenters. The van der Waals surface area contributed by atoms with Crippen molar-refractivity contribution in [2.45, 2.75) is 20.3 Å². The number of rotatable bonds is 5. The van der Waals surface area contributed by atoms with Crippen molar-refractivity contribution in [1.82, 2.24) is 10.6 Å². The average Bonchev–Trinajstić information content (AvgIpc) is 2.69. The van der Waals surface area contributed by atoms with Crippen LogP contribution < -0.4 is 15.4 Å². The third-order valence-electron chi connectivity index (χ3n) is 2.87. The van der Waals surface area contributed by atoms with Crippen LogP contribution in [-0.2, 0) is 4.79 Å². The SMILES string of the molecule is CC(C)CCOc1ccc(/C=C2/NC(=O)NC2=O)cc1. The first kappa shape index (κ1) is 14.1. The maximum absolute atomic E-state index is 11.4. The van der Waals surface area contributed by atoms with Gasteiger partial charge in [-0.15, -0.1) is 0 Å². The lowest BCUT2D eigenvalue weighted by Crippen LogP contribution is -2.22. The highest BCUT2D eigenvalue weighted by atomic mass is 16.5. The molecule has 5 nitrogen and oxygen atoms in total. The van der Waals surface area contributed by atoms with Crippen molar-refractivity contribution in [1.29, 1.82) is 0 Å². The number of hydrogen-bond acceptors (Lipinski definition) is 3. The maximum Gasteiger partial charge on any atom is 0.326 e. The normalized spacial score (nSPS) is 16.4. The van der Waals surface area contributed by atoms with E-state index in [1.165, 1.54) is 0 Å². The minimum absolute atomic E-state index is 0.253. The Balaban J connectivity index is 1.96. The average molecular weight is 274 g/mol. The van der Waals surface area contributed by atoms with Crippen molar-refractivity contribution >= 4 is 18.0 Å². The molecule has 1 aromatic rings. The highest BCUT2D eigenvalue weighted by Crippen LogP contribution is 2.15. The van der Waals surface area contributed by atoms with Crippen LogP contribution in [0.5, 0.6) is 5.75 Å². The second-order valence-corrected chi connectivity index (χ2v) is 5.07. The Morgan fingerprint density at radius 3 is 2.40 bits per heavy atom. The first-order chi connectivity index (χ1) is 9.54. The second-order valence-electron chi connectivity index (χ2n) is 5.07. The van der Waals surface area contributed by atoms with E-state index in [9.17, 15) is 9.59 Å². The summed E-state index contributed by atoms with van der Waals surface area (Å²) in [5.41, 5.74) is 1.08. The minimum Gasteiger partial charge on any atom is -0.494 e. The van der Waals surface area contributed by atoms with Crippen molar-refractivity contribution in [3.8, 4) is 5.75 Å². The zero-order valence-electron chi connectivity index (χ0n) is 11.6. The van der Waals surface area contributed by atoms with Crippen molar-refractivity contribution in [3.05, 3.63) is 35.5 Å². The van der Waals surface area contributed by atoms with Crippen LogP contribution in [0.2, 0.25) is 0 Å². The molecule has 1 aliphatic heterocycles. The number of imide groups is 1. The molecule has 0 aliphatic carbocycles. The molecule has 0 spiro atoms. The fraction of sp³-hybridized carbons (Fsp3) is 0.333. The van der Waals surface area contributed by atoms with Crippen LogP contribution in [0.15, 0.2) is 30.0 Å². The van der Waals surface area contributed by atoms with Crippen LogP contribution in [0.4, 0.5) is 4.79 Å². The molecule has 0 aromatic heterocycles. The molecule has 1 saturated heterocycles. The third-order valence-corrected chi connectivity index (χ3v) is 2.87. The molecule has 1 heterocycles. The van der Waals surface area contributed by atoms with Crippen molar-refractivity contribution < 1.29 is 14.3 Å². The molecular formula is C15H18N2O3. The Labute approximate surface area is 118 Å². The monoisotopic (exact) mass is 274 g/mol. The molecular weight excluding hydrogens is 256 g/mol. The summed E-state index contributed by atoms with van der Waals surface area (Å²) in [6, 6.07) is 6.89. The van der Waals surface area contributed by atoms with Gasteiger partial charge >= 0.3 is 6.03 Å². The standard InChI is InChI=1S/C15H18N2O3/c1-10(2)7-8-20-12-5-3-11(4-6-12)9-13-14(18)17-15(19)16-13/h3-6,9-10H,7-8H2,1-2H3,(H2,16,17,18,19)/b13-9+. The fourth-order valence-corrected chi connectivity index (χ4v) is 1.72. The Morgan fingerprint density at radius 2 is 1.85 bits per heavy atom. The summed E-state index contributed by atoms with van der Waals surface area (Å²) in [5.74, 6) is 1.00. The lowest BCUT2D eigenvalue weighted by molar-refractivity contribution is -0.115. The summed E-state index contributed by atoms with van der Waals surface area (Å²) in [4.78, 5) is 22.4. The fourth-order valence-electron chi connectivity index (χ4n) is 1.72. The number of carbonyl (C=O) groups is 2. The smallest absolute Gasteiger partial charge is 0.326 e. The van der Waals surface area contributed by atoms with E-state index in [2.05, 4.69) is 24.5 Å². The molecule has 1 aliphatic rings. The lowest BCUT2D eigenvalue weighted by Gasteiger charge is -2.08. The van der Waals surface area contributed by atoms with Gasteiger partial charge in [0.15, 0.2) is 0 Å². The van der Waals surface area contributed by atoms with E-state index < -0.39 is 11.9 Å². The number of amides is 3. The van der Waals surface area contributed by atoms with E-state index in [-0.39, 0.29) is 5.70 Å². The highest BCUT2D eigenvalue weighted by Gasteiger charge is 2.22. The van der Waals surface area contributed by atoms with Gasteiger partial charge in [0.25, 0.3) is 5.91 Å². The van der Waals surface area contributed by atoms with E-state index in [1.54, 1.807) is 6.08 Å². The summed E-state index contributed by atoms with van der Waals surface area (Å²) in [6.07, 6.45) is 2.64. The van der Waals surface area contributed by atoms with Gasteiger partial charge in [0.2, 0.25) is 0 Å². The minimum atomic E-state index is -0.491. The first-order valence-electron chi connectivity index (χ1n) is 6.61. The molecule has 2 rings (SSSR count). The summed E-state index contributed by atoms with van der Waals surface area (Å²) in [7, 11) is 0.